The summed E-state index contributed by atoms with van der Waals surface area (Å²) in [6.07, 6.45) is 2.25. The predicted octanol–water partition coefficient (Wildman–Crippen LogP) is 6.02. The van der Waals surface area contributed by atoms with Crippen LogP contribution in [0.15, 0.2) is 36.4 Å². The van der Waals surface area contributed by atoms with E-state index in [9.17, 15) is 31.1 Å². The number of esters is 1. The van der Waals surface area contributed by atoms with Crippen molar-refractivity contribution >= 4 is 22.5 Å². The number of fused-ring (bicyclic) bond motifs is 1. The average molecular weight is 567 g/mol. The number of hydrogen-bond acceptors (Lipinski definition) is 5. The van der Waals surface area contributed by atoms with Crippen LogP contribution >= 0.6 is 0 Å². The van der Waals surface area contributed by atoms with Gasteiger partial charge in [-0.25, -0.2) is 22.1 Å². The number of halogens is 6. The van der Waals surface area contributed by atoms with Gasteiger partial charge in [-0.3, -0.25) is 4.90 Å². The Morgan fingerprint density at radius 1 is 1.16 bits per heavy atom. The third-order valence-electron chi connectivity index (χ3n) is 5.87. The normalized spacial score (nSPS) is 20.2. The van der Waals surface area contributed by atoms with Gasteiger partial charge in [0, 0.05) is 24.2 Å². The van der Waals surface area contributed by atoms with Crippen LogP contribution in [0.5, 0.6) is 5.75 Å². The molecule has 13 heteroatoms. The van der Waals surface area contributed by atoms with Crippen LogP contribution in [0.25, 0.3) is 6.08 Å². The number of alkyl halides is 4. The van der Waals surface area contributed by atoms with Gasteiger partial charge in [-0.1, -0.05) is 6.07 Å². The molecule has 0 amide bonds. The molecule has 0 saturated heterocycles. The van der Waals surface area contributed by atoms with Crippen molar-refractivity contribution in [2.24, 2.45) is 0 Å². The Kier molecular flexibility index (Phi) is 8.35. The van der Waals surface area contributed by atoms with Crippen LogP contribution in [0.4, 0.5) is 26.3 Å². The molecular formula is C25H26F6NO5S+. The van der Waals surface area contributed by atoms with Crippen LogP contribution in [0.3, 0.4) is 0 Å². The molecule has 1 aliphatic rings. The lowest BCUT2D eigenvalue weighted by Gasteiger charge is -2.44. The van der Waals surface area contributed by atoms with Crippen LogP contribution in [-0.4, -0.2) is 46.3 Å². The van der Waals surface area contributed by atoms with Crippen LogP contribution in [0.1, 0.15) is 49.1 Å². The summed E-state index contributed by atoms with van der Waals surface area (Å²) in [6, 6.07) is 3.53. The smallest absolute Gasteiger partial charge is 0.466 e. The third kappa shape index (κ3) is 6.56. The Bertz CT molecular complexity index is 1270. The summed E-state index contributed by atoms with van der Waals surface area (Å²) in [7, 11) is -4.56. The first-order chi connectivity index (χ1) is 17.4. The molecule has 0 saturated carbocycles. The highest BCUT2D eigenvalue weighted by Gasteiger charge is 2.63. The largest absolute Gasteiger partial charge is 0.650 e. The van der Waals surface area contributed by atoms with E-state index in [-0.39, 0.29) is 24.1 Å². The zero-order chi connectivity index (χ0) is 28.6. The van der Waals surface area contributed by atoms with Crippen molar-refractivity contribution in [3.63, 3.8) is 0 Å². The first-order valence-corrected chi connectivity index (χ1v) is 12.7. The second kappa shape index (κ2) is 10.7. The number of benzene rings is 2. The van der Waals surface area contributed by atoms with Crippen LogP contribution < -0.4 is 4.18 Å². The molecule has 3 rings (SSSR count). The standard InChI is InChI=1S/C25H25F6NO5S/c1-14-9-16-12-17(37-38(34,35)25(29,30)31)6-7-18(16)23(32(14)13-24(2,3)28)22-19(26)10-15(11-20(22)27)5-8-21(33)36-4/h5-8,10-12,14,23H,9,13H2,1-4H3/p+1/b8-5+. The molecule has 0 bridgehead atoms. The lowest BCUT2D eigenvalue weighted by atomic mass is 9.83. The molecule has 1 aliphatic heterocycles. The summed E-state index contributed by atoms with van der Waals surface area (Å²) in [4.78, 5) is 12.9. The Balaban J connectivity index is 2.14. The highest BCUT2D eigenvalue weighted by molar-refractivity contribution is 7.94. The highest BCUT2D eigenvalue weighted by Crippen LogP contribution is 2.43. The molecule has 0 aliphatic carbocycles. The molecule has 208 valence electrons. The van der Waals surface area contributed by atoms with Gasteiger partial charge >= 0.3 is 22.0 Å². The minimum absolute atomic E-state index is 0.0178. The molecule has 0 radical (unpaired) electrons. The van der Waals surface area contributed by atoms with Crippen molar-refractivity contribution in [1.29, 1.82) is 0 Å². The van der Waals surface area contributed by atoms with Gasteiger partial charge in [-0.15, -0.1) is 17.7 Å². The summed E-state index contributed by atoms with van der Waals surface area (Å²) in [5.41, 5.74) is -7.18. The highest BCUT2D eigenvalue weighted by atomic mass is 32.3. The van der Waals surface area contributed by atoms with E-state index in [1.54, 1.807) is 11.8 Å². The number of ether oxygens (including phenoxy) is 1. The summed E-state index contributed by atoms with van der Waals surface area (Å²) >= 11 is 0. The molecule has 2 aromatic carbocycles. The fourth-order valence-corrected chi connectivity index (χ4v) is 4.78. The lowest BCUT2D eigenvalue weighted by molar-refractivity contribution is -0.134. The van der Waals surface area contributed by atoms with Crippen LogP contribution in [0, 0.1) is 11.6 Å². The Labute approximate surface area is 216 Å². The second-order valence-corrected chi connectivity index (χ2v) is 11.0. The molecule has 0 fully saturated rings. The van der Waals surface area contributed by atoms with Crippen molar-refractivity contribution in [3.05, 3.63) is 70.3 Å². The van der Waals surface area contributed by atoms with Gasteiger partial charge in [0.25, 0.3) is 0 Å². The molecule has 3 atom stereocenters. The molecule has 6 nitrogen and oxygen atoms in total. The number of nitrogens with zero attached hydrogens (tertiary/aromatic N) is 1. The number of carbonyl (C=O) groups is 1. The molecule has 0 spiro atoms. The van der Waals surface area contributed by atoms with Crippen molar-refractivity contribution < 1.29 is 48.8 Å². The maximum atomic E-state index is 15.4. The minimum Gasteiger partial charge on any atom is -0.466 e. The molecule has 0 aromatic heterocycles. The minimum atomic E-state index is -5.69. The van der Waals surface area contributed by atoms with Gasteiger partial charge in [0.05, 0.1) is 13.2 Å². The fraction of sp³-hybridized carbons (Fsp3) is 0.400. The SMILES string of the molecule is COC(=O)/C=C/c1cc(F)c(C2c3ccc(O[S+](=O)(O)C(F)(F)F)cc3CC(C)N2CC(C)(C)F)c(F)c1. The lowest BCUT2D eigenvalue weighted by Crippen LogP contribution is -2.48. The van der Waals surface area contributed by atoms with Crippen LogP contribution in [0.2, 0.25) is 0 Å². The molecule has 3 unspecified atom stereocenters. The average Bonchev–Trinajstić information content (AvgIpc) is 2.77. The van der Waals surface area contributed by atoms with E-state index in [0.717, 1.165) is 43.5 Å². The van der Waals surface area contributed by atoms with E-state index in [4.69, 9.17) is 0 Å². The summed E-state index contributed by atoms with van der Waals surface area (Å²) < 4.78 is 114. The van der Waals surface area contributed by atoms with E-state index in [0.29, 0.717) is 5.56 Å². The molecule has 2 aromatic rings. The van der Waals surface area contributed by atoms with E-state index in [1.807, 2.05) is 0 Å². The van der Waals surface area contributed by atoms with Crippen molar-refractivity contribution in [2.45, 2.75) is 50.5 Å². The van der Waals surface area contributed by atoms with Crippen LogP contribution in [-0.2, 0) is 30.7 Å². The Morgan fingerprint density at radius 3 is 2.29 bits per heavy atom. The fourth-order valence-electron chi connectivity index (χ4n) is 4.32. The number of hydrogen-bond donors (Lipinski definition) is 1. The third-order valence-corrected chi connectivity index (χ3v) is 6.87. The second-order valence-electron chi connectivity index (χ2n) is 9.47. The van der Waals surface area contributed by atoms with Crippen molar-refractivity contribution in [3.8, 4) is 5.75 Å². The molecule has 1 heterocycles. The Hall–Kier alpha value is -2.90. The monoisotopic (exact) mass is 566 g/mol. The maximum absolute atomic E-state index is 15.4. The van der Waals surface area contributed by atoms with Gasteiger partial charge in [0.2, 0.25) is 0 Å². The van der Waals surface area contributed by atoms with Gasteiger partial charge in [0.1, 0.15) is 17.3 Å². The quantitative estimate of drug-likeness (QED) is 0.191. The van der Waals surface area contributed by atoms with Gasteiger partial charge in [-0.05, 0) is 78.4 Å². The zero-order valence-corrected chi connectivity index (χ0v) is 21.6. The molecular weight excluding hydrogens is 540 g/mol. The van der Waals surface area contributed by atoms with Gasteiger partial charge in [0.15, 0.2) is 5.75 Å². The number of carbonyl (C=O) groups excluding carboxylic acids is 1. The summed E-state index contributed by atoms with van der Waals surface area (Å²) in [6.45, 7) is 4.01. The van der Waals surface area contributed by atoms with Gasteiger partial charge in [-0.2, -0.15) is 0 Å². The predicted molar refractivity (Wildman–Crippen MR) is 128 cm³/mol. The summed E-state index contributed by atoms with van der Waals surface area (Å²) in [5.74, 6) is -3.31. The van der Waals surface area contributed by atoms with Crippen molar-refractivity contribution in [1.82, 2.24) is 4.90 Å². The van der Waals surface area contributed by atoms with E-state index in [2.05, 4.69) is 8.92 Å². The number of methoxy groups -OCH3 is 1. The number of rotatable bonds is 7. The molecule has 1 N–H and O–H groups in total. The molecule has 38 heavy (non-hydrogen) atoms. The van der Waals surface area contributed by atoms with E-state index in [1.165, 1.54) is 19.9 Å². The van der Waals surface area contributed by atoms with E-state index < -0.39 is 62.7 Å². The van der Waals surface area contributed by atoms with Crippen molar-refractivity contribution in [2.75, 3.05) is 13.7 Å². The summed E-state index contributed by atoms with van der Waals surface area (Å²) in [5, 5.41) is 0. The maximum Gasteiger partial charge on any atom is 0.650 e. The van der Waals surface area contributed by atoms with E-state index >= 15 is 8.78 Å². The first-order valence-electron chi connectivity index (χ1n) is 11.3. The van der Waals surface area contributed by atoms with Gasteiger partial charge < -0.3 is 4.74 Å². The first kappa shape index (κ1) is 29.7. The topological polar surface area (TPSA) is 76.1 Å². The zero-order valence-electron chi connectivity index (χ0n) is 20.8. The Morgan fingerprint density at radius 2 is 1.76 bits per heavy atom.